The number of hydrogen-bond donors (Lipinski definition) is 1. The Bertz CT molecular complexity index is 686. The molecular formula is C14H16FNO5S. The van der Waals surface area contributed by atoms with Crippen molar-refractivity contribution in [2.45, 2.75) is 18.9 Å². The van der Waals surface area contributed by atoms with E-state index in [1.54, 1.807) is 6.92 Å². The molecule has 120 valence electrons. The Morgan fingerprint density at radius 2 is 1.95 bits per heavy atom. The summed E-state index contributed by atoms with van der Waals surface area (Å²) in [6, 6.07) is 4.73. The molecule has 1 saturated heterocycles. The molecule has 1 aromatic carbocycles. The average molecular weight is 329 g/mol. The first kappa shape index (κ1) is 16.4. The quantitative estimate of drug-likeness (QED) is 0.820. The van der Waals surface area contributed by atoms with E-state index in [4.69, 9.17) is 4.74 Å². The Labute approximate surface area is 127 Å². The maximum Gasteiger partial charge on any atom is 0.338 e. The first-order chi connectivity index (χ1) is 10.2. The molecule has 0 bridgehead atoms. The molecule has 1 heterocycles. The van der Waals surface area contributed by atoms with E-state index < -0.39 is 39.7 Å². The van der Waals surface area contributed by atoms with Crippen LogP contribution >= 0.6 is 0 Å². The minimum absolute atomic E-state index is 0.0269. The molecular weight excluding hydrogens is 313 g/mol. The van der Waals surface area contributed by atoms with Crippen LogP contribution < -0.4 is 5.32 Å². The van der Waals surface area contributed by atoms with Crippen LogP contribution in [0.5, 0.6) is 0 Å². The number of benzene rings is 1. The Morgan fingerprint density at radius 3 is 2.50 bits per heavy atom. The molecule has 0 unspecified atom stereocenters. The normalized spacial score (nSPS) is 23.0. The summed E-state index contributed by atoms with van der Waals surface area (Å²) >= 11 is 0. The lowest BCUT2D eigenvalue weighted by molar-refractivity contribution is -0.125. The number of carbonyl (C=O) groups is 2. The van der Waals surface area contributed by atoms with Gasteiger partial charge in [-0.2, -0.15) is 0 Å². The van der Waals surface area contributed by atoms with Gasteiger partial charge in [0.25, 0.3) is 5.91 Å². The Kier molecular flexibility index (Phi) is 4.50. The Balaban J connectivity index is 1.85. The van der Waals surface area contributed by atoms with Crippen molar-refractivity contribution >= 4 is 21.7 Å². The molecule has 1 N–H and O–H groups in total. The van der Waals surface area contributed by atoms with Crippen molar-refractivity contribution in [1.29, 1.82) is 0 Å². The molecule has 1 atom stereocenters. The molecule has 1 aliphatic heterocycles. The van der Waals surface area contributed by atoms with Crippen molar-refractivity contribution in [3.63, 3.8) is 0 Å². The van der Waals surface area contributed by atoms with Crippen LogP contribution in [0.3, 0.4) is 0 Å². The van der Waals surface area contributed by atoms with E-state index in [-0.39, 0.29) is 17.1 Å². The topological polar surface area (TPSA) is 89.5 Å². The van der Waals surface area contributed by atoms with E-state index in [0.717, 1.165) is 12.1 Å². The number of halogens is 1. The van der Waals surface area contributed by atoms with Gasteiger partial charge >= 0.3 is 5.97 Å². The SMILES string of the molecule is C[C@]1(NC(=O)COC(=O)c2ccc(F)cc2)CCS(=O)(=O)C1. The Morgan fingerprint density at radius 1 is 1.32 bits per heavy atom. The van der Waals surface area contributed by atoms with Crippen molar-refractivity contribution in [3.05, 3.63) is 35.6 Å². The lowest BCUT2D eigenvalue weighted by atomic mass is 10.0. The van der Waals surface area contributed by atoms with Crippen LogP contribution in [0.2, 0.25) is 0 Å². The number of ether oxygens (including phenoxy) is 1. The summed E-state index contributed by atoms with van der Waals surface area (Å²) in [5, 5.41) is 2.57. The summed E-state index contributed by atoms with van der Waals surface area (Å²) in [7, 11) is -3.14. The lowest BCUT2D eigenvalue weighted by Crippen LogP contribution is -2.48. The minimum atomic E-state index is -3.14. The fourth-order valence-electron chi connectivity index (χ4n) is 2.28. The molecule has 1 fully saturated rings. The molecule has 0 radical (unpaired) electrons. The van der Waals surface area contributed by atoms with Crippen molar-refractivity contribution in [3.8, 4) is 0 Å². The van der Waals surface area contributed by atoms with Gasteiger partial charge in [-0.3, -0.25) is 4.79 Å². The number of hydrogen-bond acceptors (Lipinski definition) is 5. The van der Waals surface area contributed by atoms with Crippen LogP contribution in [0.25, 0.3) is 0 Å². The van der Waals surface area contributed by atoms with E-state index >= 15 is 0 Å². The average Bonchev–Trinajstić information content (AvgIpc) is 2.70. The third kappa shape index (κ3) is 4.27. The predicted molar refractivity (Wildman–Crippen MR) is 76.5 cm³/mol. The number of nitrogens with one attached hydrogen (secondary N) is 1. The molecule has 6 nitrogen and oxygen atoms in total. The van der Waals surface area contributed by atoms with Gasteiger partial charge in [0.2, 0.25) is 0 Å². The van der Waals surface area contributed by atoms with Crippen molar-refractivity contribution in [2.75, 3.05) is 18.1 Å². The first-order valence-corrected chi connectivity index (χ1v) is 8.45. The molecule has 0 spiro atoms. The zero-order valence-electron chi connectivity index (χ0n) is 12.0. The van der Waals surface area contributed by atoms with Gasteiger partial charge in [-0.25, -0.2) is 17.6 Å². The van der Waals surface area contributed by atoms with E-state index in [1.807, 2.05) is 0 Å². The number of carbonyl (C=O) groups excluding carboxylic acids is 2. The van der Waals surface area contributed by atoms with Gasteiger partial charge in [-0.05, 0) is 37.6 Å². The number of esters is 1. The monoisotopic (exact) mass is 329 g/mol. The van der Waals surface area contributed by atoms with Crippen LogP contribution in [0.15, 0.2) is 24.3 Å². The Hall–Kier alpha value is -1.96. The first-order valence-electron chi connectivity index (χ1n) is 6.63. The van der Waals surface area contributed by atoms with Crippen LogP contribution in [-0.4, -0.2) is 43.9 Å². The van der Waals surface area contributed by atoms with Gasteiger partial charge in [0.05, 0.1) is 22.6 Å². The molecule has 1 amide bonds. The van der Waals surface area contributed by atoms with Gasteiger partial charge in [-0.1, -0.05) is 0 Å². The highest BCUT2D eigenvalue weighted by molar-refractivity contribution is 7.91. The van der Waals surface area contributed by atoms with Crippen molar-refractivity contribution < 1.29 is 27.1 Å². The highest BCUT2D eigenvalue weighted by Crippen LogP contribution is 2.22. The lowest BCUT2D eigenvalue weighted by Gasteiger charge is -2.23. The molecule has 0 aromatic heterocycles. The second-order valence-electron chi connectivity index (χ2n) is 5.53. The maximum absolute atomic E-state index is 12.7. The second-order valence-corrected chi connectivity index (χ2v) is 7.72. The smallest absolute Gasteiger partial charge is 0.338 e. The molecule has 2 rings (SSSR count). The van der Waals surface area contributed by atoms with Gasteiger partial charge in [0.1, 0.15) is 5.82 Å². The molecule has 22 heavy (non-hydrogen) atoms. The summed E-state index contributed by atoms with van der Waals surface area (Å²) in [6.07, 6.45) is 0.326. The van der Waals surface area contributed by atoms with Crippen molar-refractivity contribution in [2.24, 2.45) is 0 Å². The number of rotatable bonds is 4. The van der Waals surface area contributed by atoms with Gasteiger partial charge in [0.15, 0.2) is 16.4 Å². The predicted octanol–water partition coefficient (Wildman–Crippen LogP) is 0.676. The summed E-state index contributed by atoms with van der Waals surface area (Å²) < 4.78 is 40.4. The molecule has 1 aromatic rings. The van der Waals surface area contributed by atoms with E-state index in [9.17, 15) is 22.4 Å². The standard InChI is InChI=1S/C14H16FNO5S/c1-14(6-7-22(19,20)9-14)16-12(17)8-21-13(18)10-2-4-11(15)5-3-10/h2-5H,6-9H2,1H3,(H,16,17)/t14-/m0/s1. The van der Waals surface area contributed by atoms with Gasteiger partial charge in [-0.15, -0.1) is 0 Å². The van der Waals surface area contributed by atoms with E-state index in [2.05, 4.69) is 5.32 Å². The number of amides is 1. The van der Waals surface area contributed by atoms with Crippen LogP contribution in [0.4, 0.5) is 4.39 Å². The second kappa shape index (κ2) is 6.04. The van der Waals surface area contributed by atoms with E-state index in [1.165, 1.54) is 12.1 Å². The summed E-state index contributed by atoms with van der Waals surface area (Å²) in [6.45, 7) is 1.11. The highest BCUT2D eigenvalue weighted by Gasteiger charge is 2.39. The summed E-state index contributed by atoms with van der Waals surface area (Å²) in [4.78, 5) is 23.4. The molecule has 1 aliphatic rings. The minimum Gasteiger partial charge on any atom is -0.452 e. The maximum atomic E-state index is 12.7. The van der Waals surface area contributed by atoms with Crippen molar-refractivity contribution in [1.82, 2.24) is 5.32 Å². The summed E-state index contributed by atoms with van der Waals surface area (Å²) in [5.41, 5.74) is -0.707. The van der Waals surface area contributed by atoms with E-state index in [0.29, 0.717) is 6.42 Å². The number of sulfone groups is 1. The van der Waals surface area contributed by atoms with Crippen LogP contribution in [0, 0.1) is 5.82 Å². The third-order valence-corrected chi connectivity index (χ3v) is 5.26. The highest BCUT2D eigenvalue weighted by atomic mass is 32.2. The molecule has 8 heteroatoms. The van der Waals surface area contributed by atoms with Crippen LogP contribution in [0.1, 0.15) is 23.7 Å². The largest absolute Gasteiger partial charge is 0.452 e. The third-order valence-electron chi connectivity index (χ3n) is 3.36. The van der Waals surface area contributed by atoms with Gasteiger partial charge in [0, 0.05) is 0 Å². The molecule has 0 aliphatic carbocycles. The zero-order valence-corrected chi connectivity index (χ0v) is 12.8. The zero-order chi connectivity index (χ0) is 16.4. The molecule has 0 saturated carbocycles. The fraction of sp³-hybridized carbons (Fsp3) is 0.429. The van der Waals surface area contributed by atoms with Crippen LogP contribution in [-0.2, 0) is 19.4 Å². The van der Waals surface area contributed by atoms with Gasteiger partial charge < -0.3 is 10.1 Å². The summed E-state index contributed by atoms with van der Waals surface area (Å²) in [5.74, 6) is -1.91. The fourth-order valence-corrected chi connectivity index (χ4v) is 4.38.